The molecule has 0 bridgehead atoms. The molecule has 0 aromatic rings. The second-order valence-electron chi connectivity index (χ2n) is 1.78. The van der Waals surface area contributed by atoms with Crippen LogP contribution in [-0.2, 0) is 0 Å². The molecule has 0 unspecified atom stereocenters. The van der Waals surface area contributed by atoms with Crippen molar-refractivity contribution in [2.45, 2.75) is 12.8 Å². The zero-order chi connectivity index (χ0) is 5.82. The van der Waals surface area contributed by atoms with Gasteiger partial charge in [-0.05, 0) is 25.0 Å². The average Bonchev–Trinajstić information content (AvgIpc) is 1.94. The van der Waals surface area contributed by atoms with Crippen molar-refractivity contribution in [2.24, 2.45) is 0 Å². The third-order valence-corrected chi connectivity index (χ3v) is 1.34. The Morgan fingerprint density at radius 2 is 1.62 bits per heavy atom. The summed E-state index contributed by atoms with van der Waals surface area (Å²) in [6.07, 6.45) is 10.5. The van der Waals surface area contributed by atoms with Gasteiger partial charge in [0, 0.05) is 4.86 Å². The predicted octanol–water partition coefficient (Wildman–Crippen LogP) is 2.26. The first kappa shape index (κ1) is 5.70. The van der Waals surface area contributed by atoms with Crippen LogP contribution in [0.2, 0.25) is 0 Å². The standard InChI is InChI=1S/C7H8S/c8-7-5-3-1-2-4-6-7/h3-6H,1-2H2. The van der Waals surface area contributed by atoms with Gasteiger partial charge in [0.1, 0.15) is 0 Å². The topological polar surface area (TPSA) is 0 Å². The van der Waals surface area contributed by atoms with Gasteiger partial charge < -0.3 is 0 Å². The van der Waals surface area contributed by atoms with Crippen LogP contribution in [0.1, 0.15) is 12.8 Å². The Bertz CT molecular complexity index is 126. The van der Waals surface area contributed by atoms with E-state index in [1.165, 1.54) is 0 Å². The third-order valence-electron chi connectivity index (χ3n) is 1.06. The lowest BCUT2D eigenvalue weighted by Crippen LogP contribution is -1.75. The Morgan fingerprint density at radius 1 is 1.12 bits per heavy atom. The highest BCUT2D eigenvalue weighted by Crippen LogP contribution is 1.99. The minimum absolute atomic E-state index is 0.947. The summed E-state index contributed by atoms with van der Waals surface area (Å²) in [5.41, 5.74) is 0. The van der Waals surface area contributed by atoms with Gasteiger partial charge in [0.25, 0.3) is 0 Å². The van der Waals surface area contributed by atoms with Crippen molar-refractivity contribution in [3.05, 3.63) is 24.3 Å². The Balaban J connectivity index is 2.64. The van der Waals surface area contributed by atoms with Crippen molar-refractivity contribution in [3.8, 4) is 0 Å². The Morgan fingerprint density at radius 3 is 2.12 bits per heavy atom. The van der Waals surface area contributed by atoms with E-state index in [9.17, 15) is 0 Å². The SMILES string of the molecule is S=C1C=CCCC=C1. The molecule has 8 heavy (non-hydrogen) atoms. The second kappa shape index (κ2) is 2.78. The van der Waals surface area contributed by atoms with Crippen molar-refractivity contribution < 1.29 is 0 Å². The van der Waals surface area contributed by atoms with Crippen molar-refractivity contribution in [1.82, 2.24) is 0 Å². The van der Waals surface area contributed by atoms with E-state index in [0.29, 0.717) is 0 Å². The van der Waals surface area contributed by atoms with E-state index in [4.69, 9.17) is 12.2 Å². The van der Waals surface area contributed by atoms with Crippen LogP contribution in [0.4, 0.5) is 0 Å². The molecule has 0 radical (unpaired) electrons. The van der Waals surface area contributed by atoms with Crippen LogP contribution in [-0.4, -0.2) is 4.86 Å². The fourth-order valence-corrected chi connectivity index (χ4v) is 0.839. The fourth-order valence-electron chi connectivity index (χ4n) is 0.647. The van der Waals surface area contributed by atoms with Crippen LogP contribution in [0.3, 0.4) is 0 Å². The molecule has 42 valence electrons. The van der Waals surface area contributed by atoms with Gasteiger partial charge in [-0.3, -0.25) is 0 Å². The highest BCUT2D eigenvalue weighted by Gasteiger charge is 1.86. The molecule has 1 aliphatic carbocycles. The maximum absolute atomic E-state index is 4.92. The number of allylic oxidation sites excluding steroid dienone is 4. The predicted molar refractivity (Wildman–Crippen MR) is 40.1 cm³/mol. The summed E-state index contributed by atoms with van der Waals surface area (Å²) in [5.74, 6) is 0. The van der Waals surface area contributed by atoms with Gasteiger partial charge >= 0.3 is 0 Å². The van der Waals surface area contributed by atoms with Gasteiger partial charge in [0.2, 0.25) is 0 Å². The van der Waals surface area contributed by atoms with Gasteiger partial charge in [0.15, 0.2) is 0 Å². The van der Waals surface area contributed by atoms with Crippen molar-refractivity contribution in [2.75, 3.05) is 0 Å². The molecule has 0 spiro atoms. The number of hydrogen-bond donors (Lipinski definition) is 0. The molecule has 0 saturated carbocycles. The summed E-state index contributed by atoms with van der Waals surface area (Å²) < 4.78 is 0. The fraction of sp³-hybridized carbons (Fsp3) is 0.286. The summed E-state index contributed by atoms with van der Waals surface area (Å²) in [5, 5.41) is 0. The van der Waals surface area contributed by atoms with Crippen LogP contribution >= 0.6 is 12.2 Å². The van der Waals surface area contributed by atoms with E-state index in [0.717, 1.165) is 17.7 Å². The summed E-state index contributed by atoms with van der Waals surface area (Å²) in [6.45, 7) is 0. The largest absolute Gasteiger partial charge is 0.0828 e. The zero-order valence-corrected chi connectivity index (χ0v) is 5.45. The molecular weight excluding hydrogens is 116 g/mol. The van der Waals surface area contributed by atoms with Gasteiger partial charge in [0.05, 0.1) is 0 Å². The van der Waals surface area contributed by atoms with Crippen molar-refractivity contribution >= 4 is 17.1 Å². The molecule has 0 saturated heterocycles. The highest BCUT2D eigenvalue weighted by atomic mass is 32.1. The molecule has 0 fully saturated rings. The summed E-state index contributed by atoms with van der Waals surface area (Å²) in [7, 11) is 0. The monoisotopic (exact) mass is 124 g/mol. The summed E-state index contributed by atoms with van der Waals surface area (Å²) in [6, 6.07) is 0. The average molecular weight is 124 g/mol. The molecule has 0 heterocycles. The smallest absolute Gasteiger partial charge is 0.0370 e. The van der Waals surface area contributed by atoms with E-state index >= 15 is 0 Å². The molecule has 1 rings (SSSR count). The van der Waals surface area contributed by atoms with Crippen molar-refractivity contribution in [3.63, 3.8) is 0 Å². The normalized spacial score (nSPS) is 18.8. The minimum atomic E-state index is 0.947. The van der Waals surface area contributed by atoms with E-state index < -0.39 is 0 Å². The Labute approximate surface area is 54.9 Å². The molecule has 0 atom stereocenters. The molecule has 0 amide bonds. The highest BCUT2D eigenvalue weighted by molar-refractivity contribution is 7.81. The van der Waals surface area contributed by atoms with Gasteiger partial charge in [-0.1, -0.05) is 24.4 Å². The van der Waals surface area contributed by atoms with E-state index in [2.05, 4.69) is 12.2 Å². The maximum atomic E-state index is 4.92. The van der Waals surface area contributed by atoms with Gasteiger partial charge in [-0.2, -0.15) is 0 Å². The quantitative estimate of drug-likeness (QED) is 0.446. The number of hydrogen-bond acceptors (Lipinski definition) is 1. The molecule has 0 aliphatic heterocycles. The lowest BCUT2D eigenvalue weighted by atomic mass is 10.3. The molecule has 0 aromatic carbocycles. The van der Waals surface area contributed by atoms with Crippen LogP contribution in [0.25, 0.3) is 0 Å². The summed E-state index contributed by atoms with van der Waals surface area (Å²) >= 11 is 4.92. The maximum Gasteiger partial charge on any atom is 0.0370 e. The first-order valence-corrected chi connectivity index (χ1v) is 3.17. The Kier molecular flexibility index (Phi) is 1.98. The van der Waals surface area contributed by atoms with E-state index in [-0.39, 0.29) is 0 Å². The number of thiocarbonyl (C=S) groups is 1. The lowest BCUT2D eigenvalue weighted by molar-refractivity contribution is 1.06. The van der Waals surface area contributed by atoms with E-state index in [1.54, 1.807) is 0 Å². The van der Waals surface area contributed by atoms with E-state index in [1.807, 2.05) is 12.2 Å². The van der Waals surface area contributed by atoms with Gasteiger partial charge in [-0.15, -0.1) is 0 Å². The first-order valence-electron chi connectivity index (χ1n) is 2.76. The molecule has 0 aromatic heterocycles. The van der Waals surface area contributed by atoms with Crippen LogP contribution in [0, 0.1) is 0 Å². The molecule has 0 N–H and O–H groups in total. The van der Waals surface area contributed by atoms with Crippen LogP contribution in [0.5, 0.6) is 0 Å². The first-order chi connectivity index (χ1) is 3.89. The minimum Gasteiger partial charge on any atom is -0.0828 e. The molecule has 1 heteroatoms. The molecule has 0 nitrogen and oxygen atoms in total. The van der Waals surface area contributed by atoms with Crippen molar-refractivity contribution in [1.29, 1.82) is 0 Å². The van der Waals surface area contributed by atoms with Gasteiger partial charge in [-0.25, -0.2) is 0 Å². The molecular formula is C7H8S. The van der Waals surface area contributed by atoms with Crippen LogP contribution in [0.15, 0.2) is 24.3 Å². The Hall–Kier alpha value is -0.430. The van der Waals surface area contributed by atoms with Crippen LogP contribution < -0.4 is 0 Å². The number of rotatable bonds is 0. The third kappa shape index (κ3) is 1.58. The second-order valence-corrected chi connectivity index (χ2v) is 2.26. The lowest BCUT2D eigenvalue weighted by Gasteiger charge is -1.76. The summed E-state index contributed by atoms with van der Waals surface area (Å²) in [4.78, 5) is 0.947. The molecule has 1 aliphatic rings. The zero-order valence-electron chi connectivity index (χ0n) is 4.63.